The van der Waals surface area contributed by atoms with Crippen molar-refractivity contribution in [1.29, 1.82) is 0 Å². The lowest BCUT2D eigenvalue weighted by Gasteiger charge is -2.23. The minimum absolute atomic E-state index is 0.322. The molecule has 2 bridgehead atoms. The zero-order valence-corrected chi connectivity index (χ0v) is 18.3. The average Bonchev–Trinajstić information content (AvgIpc) is 3.15. The molecule has 0 radical (unpaired) electrons. The number of rotatable bonds is 5. The van der Waals surface area contributed by atoms with E-state index in [-0.39, 0.29) is 0 Å². The molecule has 0 spiro atoms. The van der Waals surface area contributed by atoms with Gasteiger partial charge in [-0.1, -0.05) is 34.4 Å². The first-order chi connectivity index (χ1) is 15.1. The van der Waals surface area contributed by atoms with Gasteiger partial charge >= 0.3 is 12.1 Å². The highest BCUT2D eigenvalue weighted by Gasteiger charge is 2.41. The summed E-state index contributed by atoms with van der Waals surface area (Å²) >= 11 is 12.8. The Hall–Kier alpha value is -1.81. The molecular weight excluding hydrogens is 472 g/mol. The van der Waals surface area contributed by atoms with Crippen LogP contribution in [0, 0.1) is 5.92 Å². The lowest BCUT2D eigenvalue weighted by molar-refractivity contribution is -0.192. The van der Waals surface area contributed by atoms with E-state index in [1.54, 1.807) is 0 Å². The summed E-state index contributed by atoms with van der Waals surface area (Å²) in [6, 6.07) is 6.13. The van der Waals surface area contributed by atoms with Crippen LogP contribution in [0.5, 0.6) is 0 Å². The minimum atomic E-state index is -5.08. The van der Waals surface area contributed by atoms with Crippen molar-refractivity contribution in [2.45, 2.75) is 56.5 Å². The van der Waals surface area contributed by atoms with E-state index in [0.29, 0.717) is 40.6 Å². The molecule has 1 aliphatic heterocycles. The lowest BCUT2D eigenvalue weighted by Crippen LogP contribution is -2.34. The maximum Gasteiger partial charge on any atom is 0.490 e. The molecule has 3 aliphatic rings. The average molecular weight is 493 g/mol. The molecule has 3 atom stereocenters. The first kappa shape index (κ1) is 23.4. The van der Waals surface area contributed by atoms with Crippen LogP contribution in [0.2, 0.25) is 10.0 Å². The molecule has 2 N–H and O–H groups in total. The molecule has 3 fully saturated rings. The van der Waals surface area contributed by atoms with E-state index in [4.69, 9.17) is 42.4 Å². The van der Waals surface area contributed by atoms with E-state index in [1.807, 2.05) is 18.2 Å². The Morgan fingerprint density at radius 3 is 2.41 bits per heavy atom. The van der Waals surface area contributed by atoms with Crippen LogP contribution in [-0.2, 0) is 16.1 Å². The van der Waals surface area contributed by atoms with Gasteiger partial charge in [0.25, 0.3) is 0 Å². The van der Waals surface area contributed by atoms with Crippen LogP contribution in [-0.4, -0.2) is 41.1 Å². The number of fused-ring (bicyclic) bond motifs is 2. The SMILES string of the molecule is Clc1cccc(Cl)c1-c1noc(C2CC2)c1CO[C@@H]1C[C@@H]2C[C@H]1CN2.O=C(O)C(F)(F)F. The summed E-state index contributed by atoms with van der Waals surface area (Å²) in [5, 5.41) is 16.2. The number of aliphatic carboxylic acids is 1. The smallest absolute Gasteiger partial charge is 0.475 e. The molecule has 2 aromatic rings. The van der Waals surface area contributed by atoms with Gasteiger partial charge in [0, 0.05) is 29.6 Å². The molecule has 1 aromatic heterocycles. The van der Waals surface area contributed by atoms with Crippen LogP contribution in [0.1, 0.15) is 42.9 Å². The molecule has 11 heteroatoms. The number of carboxylic acid groups (broad SMARTS) is 1. The van der Waals surface area contributed by atoms with Crippen LogP contribution in [0.3, 0.4) is 0 Å². The fourth-order valence-corrected chi connectivity index (χ4v) is 4.80. The van der Waals surface area contributed by atoms with Crippen LogP contribution in [0.15, 0.2) is 22.7 Å². The Morgan fingerprint density at radius 2 is 1.91 bits per heavy atom. The zero-order chi connectivity index (χ0) is 23.0. The van der Waals surface area contributed by atoms with Crippen molar-refractivity contribution < 1.29 is 32.3 Å². The topological polar surface area (TPSA) is 84.6 Å². The third kappa shape index (κ3) is 5.06. The van der Waals surface area contributed by atoms with Crippen LogP contribution >= 0.6 is 23.2 Å². The molecule has 2 aliphatic carbocycles. The summed E-state index contributed by atoms with van der Waals surface area (Å²) in [4.78, 5) is 8.90. The van der Waals surface area contributed by atoms with Gasteiger partial charge < -0.3 is 19.7 Å². The number of halogens is 5. The van der Waals surface area contributed by atoms with E-state index in [0.717, 1.165) is 48.4 Å². The molecule has 0 unspecified atom stereocenters. The molecule has 174 valence electrons. The van der Waals surface area contributed by atoms with Gasteiger partial charge in [0.2, 0.25) is 0 Å². The van der Waals surface area contributed by atoms with Crippen LogP contribution < -0.4 is 5.32 Å². The fourth-order valence-electron chi connectivity index (χ4n) is 4.23. The van der Waals surface area contributed by atoms with Gasteiger partial charge in [0.15, 0.2) is 0 Å². The number of aromatic nitrogens is 1. The normalized spacial score (nSPS) is 24.3. The molecule has 0 amide bonds. The highest BCUT2D eigenvalue weighted by molar-refractivity contribution is 6.39. The predicted molar refractivity (Wildman–Crippen MR) is 111 cm³/mol. The summed E-state index contributed by atoms with van der Waals surface area (Å²) in [5.41, 5.74) is 2.50. The zero-order valence-electron chi connectivity index (χ0n) is 16.8. The van der Waals surface area contributed by atoms with Gasteiger partial charge in [-0.3, -0.25) is 0 Å². The van der Waals surface area contributed by atoms with Gasteiger partial charge in [-0.2, -0.15) is 13.2 Å². The molecule has 1 aromatic carbocycles. The van der Waals surface area contributed by atoms with Crippen molar-refractivity contribution in [3.63, 3.8) is 0 Å². The van der Waals surface area contributed by atoms with Gasteiger partial charge in [0.1, 0.15) is 11.5 Å². The number of nitrogens with zero attached hydrogens (tertiary/aromatic N) is 1. The monoisotopic (exact) mass is 492 g/mol. The number of benzene rings is 1. The number of ether oxygens (including phenoxy) is 1. The number of hydrogen-bond acceptors (Lipinski definition) is 5. The first-order valence-corrected chi connectivity index (χ1v) is 11.0. The second kappa shape index (κ2) is 9.21. The maximum absolute atomic E-state index is 10.6. The molecule has 5 rings (SSSR count). The van der Waals surface area contributed by atoms with Gasteiger partial charge in [0.05, 0.1) is 22.8 Å². The highest BCUT2D eigenvalue weighted by Crippen LogP contribution is 2.46. The van der Waals surface area contributed by atoms with Gasteiger partial charge in [-0.15, -0.1) is 0 Å². The molecule has 1 saturated heterocycles. The third-order valence-corrected chi connectivity index (χ3v) is 6.58. The van der Waals surface area contributed by atoms with Crippen molar-refractivity contribution in [3.05, 3.63) is 39.6 Å². The van der Waals surface area contributed by atoms with Gasteiger partial charge in [-0.25, -0.2) is 4.79 Å². The van der Waals surface area contributed by atoms with E-state index < -0.39 is 12.1 Å². The summed E-state index contributed by atoms with van der Waals surface area (Å²) < 4.78 is 43.8. The summed E-state index contributed by atoms with van der Waals surface area (Å²) in [6.07, 6.45) is -0.141. The molecule has 6 nitrogen and oxygen atoms in total. The molecule has 2 heterocycles. The molecular formula is C21H21Cl2F3N2O4. The van der Waals surface area contributed by atoms with Crippen molar-refractivity contribution in [3.8, 4) is 11.3 Å². The van der Waals surface area contributed by atoms with E-state index in [1.165, 1.54) is 6.42 Å². The predicted octanol–water partition coefficient (Wildman–Crippen LogP) is 5.43. The number of alkyl halides is 3. The third-order valence-electron chi connectivity index (χ3n) is 5.95. The lowest BCUT2D eigenvalue weighted by atomic mass is 10.0. The Kier molecular flexibility index (Phi) is 6.72. The van der Waals surface area contributed by atoms with E-state index in [2.05, 4.69) is 10.5 Å². The maximum atomic E-state index is 10.6. The van der Waals surface area contributed by atoms with Crippen molar-refractivity contribution in [1.82, 2.24) is 10.5 Å². The summed E-state index contributed by atoms with van der Waals surface area (Å²) in [7, 11) is 0. The Labute approximate surface area is 192 Å². The second-order valence-corrected chi connectivity index (χ2v) is 9.05. The highest BCUT2D eigenvalue weighted by atomic mass is 35.5. The van der Waals surface area contributed by atoms with E-state index in [9.17, 15) is 13.2 Å². The largest absolute Gasteiger partial charge is 0.490 e. The van der Waals surface area contributed by atoms with Crippen molar-refractivity contribution in [2.24, 2.45) is 5.92 Å². The van der Waals surface area contributed by atoms with Crippen LogP contribution in [0.4, 0.5) is 13.2 Å². The summed E-state index contributed by atoms with van der Waals surface area (Å²) in [5.74, 6) is -0.718. The quantitative estimate of drug-likeness (QED) is 0.579. The number of carboxylic acids is 1. The minimum Gasteiger partial charge on any atom is -0.475 e. The first-order valence-electron chi connectivity index (χ1n) is 10.2. The van der Waals surface area contributed by atoms with E-state index >= 15 is 0 Å². The van der Waals surface area contributed by atoms with Crippen molar-refractivity contribution in [2.75, 3.05) is 6.54 Å². The molecule has 2 saturated carbocycles. The Bertz CT molecular complexity index is 974. The van der Waals surface area contributed by atoms with Gasteiger partial charge in [-0.05, 0) is 43.7 Å². The van der Waals surface area contributed by atoms with Crippen molar-refractivity contribution >= 4 is 29.2 Å². The molecule has 32 heavy (non-hydrogen) atoms. The standard InChI is InChI=1S/C19H20Cl2N2O2.C2HF3O2/c20-14-2-1-3-15(21)17(14)18-13(19(25-23-18)10-4-5-10)9-24-16-7-12-6-11(16)8-22-12;3-2(4,5)1(6)7/h1-3,10-12,16,22H,4-9H2;(H,6,7)/t11-,12-,16+;/m0./s1. The van der Waals surface area contributed by atoms with Crippen LogP contribution in [0.25, 0.3) is 11.3 Å². The number of piperidine rings is 1. The summed E-state index contributed by atoms with van der Waals surface area (Å²) in [6.45, 7) is 1.58. The Morgan fingerprint density at radius 1 is 1.25 bits per heavy atom. The number of carbonyl (C=O) groups is 1. The second-order valence-electron chi connectivity index (χ2n) is 8.23. The number of nitrogens with one attached hydrogen (secondary N) is 1. The fraction of sp³-hybridized carbons (Fsp3) is 0.524. The number of hydrogen-bond donors (Lipinski definition) is 2. The Balaban J connectivity index is 0.000000307.